The van der Waals surface area contributed by atoms with Crippen LogP contribution in [0.5, 0.6) is 69.0 Å². The molecule has 0 spiro atoms. The van der Waals surface area contributed by atoms with Gasteiger partial charge in [0.15, 0.2) is 0 Å². The lowest BCUT2D eigenvalue weighted by Crippen LogP contribution is -2.37. The fourth-order valence-corrected chi connectivity index (χ4v) is 8.22. The molecule has 78 heavy (non-hydrogen) atoms. The zero-order valence-electron chi connectivity index (χ0n) is 44.7. The summed E-state index contributed by atoms with van der Waals surface area (Å²) in [5, 5.41) is 0. The van der Waals surface area contributed by atoms with Crippen molar-refractivity contribution in [1.82, 2.24) is 0 Å². The molecule has 0 aromatic heterocycles. The average Bonchev–Trinajstić information content (AvgIpc) is 3.47. The first-order valence-corrected chi connectivity index (χ1v) is 25.5. The third-order valence-electron chi connectivity index (χ3n) is 12.4. The predicted molar refractivity (Wildman–Crippen MR) is 306 cm³/mol. The zero-order valence-corrected chi connectivity index (χ0v) is 44.7. The van der Waals surface area contributed by atoms with Crippen LogP contribution in [0.1, 0.15) is 33.4 Å². The third-order valence-corrected chi connectivity index (χ3v) is 12.4. The monoisotopic (exact) mass is 1040 g/mol. The minimum absolute atomic E-state index is 0.348. The van der Waals surface area contributed by atoms with Crippen molar-refractivity contribution in [3.63, 3.8) is 0 Å². The summed E-state index contributed by atoms with van der Waals surface area (Å²) in [6, 6.07) is 64.6. The van der Waals surface area contributed by atoms with Gasteiger partial charge in [-0.15, -0.1) is 0 Å². The van der Waals surface area contributed by atoms with Gasteiger partial charge in [0, 0.05) is 6.42 Å². The molecule has 15 heteroatoms. The molecule has 0 atom stereocenters. The molecule has 0 aliphatic carbocycles. The Balaban J connectivity index is 0.867. The third kappa shape index (κ3) is 15.0. The molecule has 9 aromatic rings. The van der Waals surface area contributed by atoms with E-state index in [1.807, 2.05) is 167 Å². The van der Waals surface area contributed by atoms with Gasteiger partial charge in [-0.3, -0.25) is 0 Å². The van der Waals surface area contributed by atoms with Crippen LogP contribution in [0.3, 0.4) is 0 Å². The van der Waals surface area contributed by atoms with Crippen LogP contribution in [0.2, 0.25) is 0 Å². The van der Waals surface area contributed by atoms with Crippen LogP contribution in [0.25, 0.3) is 11.1 Å². The molecule has 0 amide bonds. The van der Waals surface area contributed by atoms with E-state index in [-0.39, 0.29) is 0 Å². The van der Waals surface area contributed by atoms with Gasteiger partial charge in [0.2, 0.25) is 0 Å². The van der Waals surface area contributed by atoms with E-state index < -0.39 is 22.0 Å². The normalized spacial score (nSPS) is 10.6. The fourth-order valence-electron chi connectivity index (χ4n) is 8.22. The summed E-state index contributed by atoms with van der Waals surface area (Å²) in [6.07, 6.45) is 0.520. The first-order chi connectivity index (χ1) is 38.0. The lowest BCUT2D eigenvalue weighted by molar-refractivity contribution is 0.298. The van der Waals surface area contributed by atoms with Crippen molar-refractivity contribution < 1.29 is 56.1 Å². The van der Waals surface area contributed by atoms with E-state index in [0.717, 1.165) is 44.5 Å². The molecule has 0 unspecified atom stereocenters. The molecular weight excluding hydrogens is 981 g/mol. The summed E-state index contributed by atoms with van der Waals surface area (Å²) in [5.74, 6) is 7.23. The maximum Gasteiger partial charge on any atom is 0.864 e. The Bertz CT molecular complexity index is 3280. The number of ether oxygens (including phenoxy) is 3. The highest BCUT2D eigenvalue weighted by Gasteiger charge is 2.34. The standard InChI is InChI=1S/C63H59B3O12/c1-44-14-12-18-57(40-44)73-65(74-58-19-13-15-45(2)41-58)75-59-24-22-46(3)60(43-59)50-23-37-62(48(5)42-50)77-66(76-61-20-10-8-16-47(61)4)78-63-21-11-9-17-49(63)38-39-69-53-29-35-56(36-30-53)72-64(70-54-31-25-51(67-6)26-32-54)71-55-33-27-52(68-7)28-34-55/h8-37,40-43H,38-39H2,1-7H3. The molecule has 0 saturated heterocycles. The minimum atomic E-state index is -1.16. The van der Waals surface area contributed by atoms with Gasteiger partial charge < -0.3 is 56.1 Å². The van der Waals surface area contributed by atoms with Gasteiger partial charge in [0.25, 0.3) is 0 Å². The van der Waals surface area contributed by atoms with Crippen molar-refractivity contribution in [2.45, 2.75) is 41.0 Å². The molecule has 12 nitrogen and oxygen atoms in total. The molecule has 0 N–H and O–H groups in total. The van der Waals surface area contributed by atoms with Crippen molar-refractivity contribution in [2.24, 2.45) is 0 Å². The van der Waals surface area contributed by atoms with Crippen molar-refractivity contribution in [2.75, 3.05) is 20.8 Å². The van der Waals surface area contributed by atoms with E-state index in [1.165, 1.54) is 0 Å². The summed E-state index contributed by atoms with van der Waals surface area (Å²) in [5.41, 5.74) is 7.79. The average molecular weight is 1040 g/mol. The van der Waals surface area contributed by atoms with Crippen molar-refractivity contribution in [3.8, 4) is 80.1 Å². The van der Waals surface area contributed by atoms with Crippen molar-refractivity contribution in [1.29, 1.82) is 0 Å². The highest BCUT2D eigenvalue weighted by molar-refractivity contribution is 6.40. The molecule has 9 rings (SSSR count). The summed E-state index contributed by atoms with van der Waals surface area (Å²) in [4.78, 5) is 0. The number of hydrogen-bond donors (Lipinski definition) is 0. The van der Waals surface area contributed by atoms with E-state index in [9.17, 15) is 0 Å². The molecule has 0 aliphatic heterocycles. The van der Waals surface area contributed by atoms with Crippen LogP contribution in [0, 0.1) is 34.6 Å². The number of hydrogen-bond acceptors (Lipinski definition) is 12. The van der Waals surface area contributed by atoms with Gasteiger partial charge in [-0.05, 0) is 213 Å². The molecule has 0 heterocycles. The highest BCUT2D eigenvalue weighted by atomic mass is 16.7. The summed E-state index contributed by atoms with van der Waals surface area (Å²) < 4.78 is 73.9. The van der Waals surface area contributed by atoms with Gasteiger partial charge in [0.1, 0.15) is 69.0 Å². The largest absolute Gasteiger partial charge is 0.864 e. The topological polar surface area (TPSA) is 111 Å². The Hall–Kier alpha value is -9.23. The summed E-state index contributed by atoms with van der Waals surface area (Å²) in [7, 11) is -0.129. The molecular formula is C63H59B3O12. The summed E-state index contributed by atoms with van der Waals surface area (Å²) >= 11 is 0. The van der Waals surface area contributed by atoms with Gasteiger partial charge in [0.05, 0.1) is 20.8 Å². The maximum absolute atomic E-state index is 6.62. The van der Waals surface area contributed by atoms with Crippen LogP contribution in [-0.4, -0.2) is 42.8 Å². The highest BCUT2D eigenvalue weighted by Crippen LogP contribution is 2.34. The Labute approximate surface area is 457 Å². The van der Waals surface area contributed by atoms with Gasteiger partial charge in [-0.1, -0.05) is 72.8 Å². The molecule has 9 aromatic carbocycles. The Kier molecular flexibility index (Phi) is 17.9. The number of benzene rings is 9. The minimum Gasteiger partial charge on any atom is -0.497 e. The Morgan fingerprint density at radius 3 is 1.27 bits per heavy atom. The van der Waals surface area contributed by atoms with E-state index in [1.54, 1.807) is 74.9 Å². The Morgan fingerprint density at radius 1 is 0.308 bits per heavy atom. The van der Waals surface area contributed by atoms with E-state index in [0.29, 0.717) is 82.0 Å². The van der Waals surface area contributed by atoms with E-state index in [2.05, 4.69) is 13.0 Å². The molecule has 0 radical (unpaired) electrons. The Morgan fingerprint density at radius 2 is 0.744 bits per heavy atom. The van der Waals surface area contributed by atoms with Gasteiger partial charge in [-0.25, -0.2) is 0 Å². The van der Waals surface area contributed by atoms with Gasteiger partial charge in [-0.2, -0.15) is 0 Å². The fraction of sp³-hybridized carbons (Fsp3) is 0.143. The SMILES string of the molecule is COc1ccc(OB(Oc2ccc(OC)cc2)Oc2ccc(OCCc3ccccc3OB(Oc3ccccc3C)Oc3ccc(-c4cc(OB(Oc5cccc(C)c5)Oc5cccc(C)c5)ccc4C)cc3C)cc2)cc1. The second kappa shape index (κ2) is 26.0. The second-order valence-corrected chi connectivity index (χ2v) is 18.3. The zero-order chi connectivity index (χ0) is 54.2. The van der Waals surface area contributed by atoms with Crippen LogP contribution >= 0.6 is 0 Å². The molecule has 0 aliphatic rings. The van der Waals surface area contributed by atoms with E-state index >= 15 is 0 Å². The number of methoxy groups -OCH3 is 2. The van der Waals surface area contributed by atoms with Crippen LogP contribution in [0.4, 0.5) is 0 Å². The predicted octanol–water partition coefficient (Wildman–Crippen LogP) is 14.1. The molecule has 0 bridgehead atoms. The molecule has 0 saturated carbocycles. The second-order valence-electron chi connectivity index (χ2n) is 18.3. The quantitative estimate of drug-likeness (QED) is 0.0508. The van der Waals surface area contributed by atoms with Crippen molar-refractivity contribution >= 4 is 22.0 Å². The smallest absolute Gasteiger partial charge is 0.497 e. The van der Waals surface area contributed by atoms with Crippen LogP contribution in [0.15, 0.2) is 206 Å². The van der Waals surface area contributed by atoms with Crippen LogP contribution < -0.4 is 56.1 Å². The number of aryl methyl sites for hydroxylation is 5. The maximum atomic E-state index is 6.62. The number of para-hydroxylation sites is 2. The lowest BCUT2D eigenvalue weighted by atomic mass is 9.98. The van der Waals surface area contributed by atoms with Crippen molar-refractivity contribution in [3.05, 3.63) is 240 Å². The van der Waals surface area contributed by atoms with E-state index in [4.69, 9.17) is 56.1 Å². The number of rotatable bonds is 25. The molecule has 0 fully saturated rings. The van der Waals surface area contributed by atoms with Gasteiger partial charge >= 0.3 is 22.0 Å². The first-order valence-electron chi connectivity index (χ1n) is 25.5. The van der Waals surface area contributed by atoms with Crippen LogP contribution in [-0.2, 0) is 6.42 Å². The first kappa shape index (κ1) is 53.6. The molecule has 392 valence electrons. The summed E-state index contributed by atoms with van der Waals surface area (Å²) in [6.45, 7) is 10.4. The lowest BCUT2D eigenvalue weighted by Gasteiger charge is -2.21.